The van der Waals surface area contributed by atoms with Crippen LogP contribution in [0.1, 0.15) is 19.7 Å². The maximum absolute atomic E-state index is 4.31. The second kappa shape index (κ2) is 6.58. The molecule has 0 unspecified atom stereocenters. The van der Waals surface area contributed by atoms with Crippen LogP contribution in [0.5, 0.6) is 0 Å². The van der Waals surface area contributed by atoms with Crippen molar-refractivity contribution in [1.82, 2.24) is 19.8 Å². The highest BCUT2D eigenvalue weighted by molar-refractivity contribution is 4.91. The van der Waals surface area contributed by atoms with Gasteiger partial charge in [-0.25, -0.2) is 4.98 Å². The third-order valence-corrected chi connectivity index (χ3v) is 2.64. The molecule has 1 heterocycles. The molecule has 1 aromatic heterocycles. The average molecular weight is 210 g/mol. The molecule has 15 heavy (non-hydrogen) atoms. The lowest BCUT2D eigenvalue weighted by Crippen LogP contribution is -2.29. The molecule has 0 atom stereocenters. The van der Waals surface area contributed by atoms with Gasteiger partial charge in [-0.2, -0.15) is 0 Å². The van der Waals surface area contributed by atoms with Gasteiger partial charge in [0.1, 0.15) is 5.82 Å². The molecule has 0 amide bonds. The van der Waals surface area contributed by atoms with Gasteiger partial charge < -0.3 is 14.8 Å². The lowest BCUT2D eigenvalue weighted by Gasteiger charge is -2.14. The zero-order valence-corrected chi connectivity index (χ0v) is 10.0. The van der Waals surface area contributed by atoms with Gasteiger partial charge in [0.15, 0.2) is 0 Å². The number of rotatable bonds is 7. The molecule has 0 aliphatic rings. The molecule has 0 fully saturated rings. The summed E-state index contributed by atoms with van der Waals surface area (Å²) in [5, 5.41) is 3.40. The van der Waals surface area contributed by atoms with Crippen molar-refractivity contribution in [2.45, 2.75) is 26.9 Å². The normalized spacial score (nSPS) is 11.2. The molecule has 0 spiro atoms. The van der Waals surface area contributed by atoms with E-state index in [0.717, 1.165) is 38.5 Å². The minimum Gasteiger partial charge on any atom is -0.334 e. The number of aryl methyl sites for hydroxylation is 1. The Kier molecular flexibility index (Phi) is 5.36. The van der Waals surface area contributed by atoms with Crippen LogP contribution in [0.15, 0.2) is 12.4 Å². The SMILES string of the molecule is CCN(C)CCNCc1nccn1CC. The summed E-state index contributed by atoms with van der Waals surface area (Å²) in [6.07, 6.45) is 3.88. The Morgan fingerprint density at radius 1 is 1.47 bits per heavy atom. The maximum Gasteiger partial charge on any atom is 0.122 e. The van der Waals surface area contributed by atoms with Crippen molar-refractivity contribution in [2.75, 3.05) is 26.7 Å². The molecule has 0 aromatic carbocycles. The van der Waals surface area contributed by atoms with Crippen molar-refractivity contribution in [3.63, 3.8) is 0 Å². The smallest absolute Gasteiger partial charge is 0.122 e. The molecule has 0 aliphatic heterocycles. The number of hydrogen-bond acceptors (Lipinski definition) is 3. The van der Waals surface area contributed by atoms with Gasteiger partial charge in [0.05, 0.1) is 6.54 Å². The summed E-state index contributed by atoms with van der Waals surface area (Å²) in [4.78, 5) is 6.60. The molecule has 0 radical (unpaired) electrons. The topological polar surface area (TPSA) is 33.1 Å². The molecule has 4 nitrogen and oxygen atoms in total. The monoisotopic (exact) mass is 210 g/mol. The van der Waals surface area contributed by atoms with Crippen LogP contribution in [-0.2, 0) is 13.1 Å². The Morgan fingerprint density at radius 2 is 2.27 bits per heavy atom. The van der Waals surface area contributed by atoms with Crippen molar-refractivity contribution in [3.8, 4) is 0 Å². The van der Waals surface area contributed by atoms with E-state index in [9.17, 15) is 0 Å². The number of nitrogens with one attached hydrogen (secondary N) is 1. The van der Waals surface area contributed by atoms with Gasteiger partial charge in [-0.3, -0.25) is 0 Å². The zero-order chi connectivity index (χ0) is 11.1. The summed E-state index contributed by atoms with van der Waals surface area (Å²) in [6, 6.07) is 0. The predicted octanol–water partition coefficient (Wildman–Crippen LogP) is 0.944. The molecular weight excluding hydrogens is 188 g/mol. The largest absolute Gasteiger partial charge is 0.334 e. The van der Waals surface area contributed by atoms with Crippen molar-refractivity contribution in [2.24, 2.45) is 0 Å². The third kappa shape index (κ3) is 4.01. The zero-order valence-electron chi connectivity index (χ0n) is 10.0. The molecule has 0 saturated heterocycles. The van der Waals surface area contributed by atoms with Crippen LogP contribution in [0.25, 0.3) is 0 Å². The third-order valence-electron chi connectivity index (χ3n) is 2.64. The number of likely N-dealkylation sites (N-methyl/N-ethyl adjacent to an activating group) is 1. The molecule has 1 aromatic rings. The number of hydrogen-bond donors (Lipinski definition) is 1. The minimum atomic E-state index is 0.860. The van der Waals surface area contributed by atoms with Gasteiger partial charge in [0.2, 0.25) is 0 Å². The van der Waals surface area contributed by atoms with Crippen LogP contribution in [0.3, 0.4) is 0 Å². The number of imidazole rings is 1. The molecule has 1 rings (SSSR count). The van der Waals surface area contributed by atoms with Gasteiger partial charge in [-0.05, 0) is 20.5 Å². The highest BCUT2D eigenvalue weighted by atomic mass is 15.1. The van der Waals surface area contributed by atoms with E-state index in [-0.39, 0.29) is 0 Å². The predicted molar refractivity (Wildman–Crippen MR) is 62.8 cm³/mol. The van der Waals surface area contributed by atoms with Crippen molar-refractivity contribution < 1.29 is 0 Å². The van der Waals surface area contributed by atoms with E-state index < -0.39 is 0 Å². The van der Waals surface area contributed by atoms with E-state index in [1.165, 1.54) is 0 Å². The standard InChI is InChI=1S/C11H22N4/c1-4-14(3)8-6-12-10-11-13-7-9-15(11)5-2/h7,9,12H,4-6,8,10H2,1-3H3. The van der Waals surface area contributed by atoms with E-state index in [4.69, 9.17) is 0 Å². The van der Waals surface area contributed by atoms with E-state index in [1.54, 1.807) is 0 Å². The molecule has 0 bridgehead atoms. The van der Waals surface area contributed by atoms with E-state index in [1.807, 2.05) is 12.4 Å². The summed E-state index contributed by atoms with van der Waals surface area (Å²) < 4.78 is 2.16. The molecule has 4 heteroatoms. The van der Waals surface area contributed by atoms with Gasteiger partial charge in [0.25, 0.3) is 0 Å². The Hall–Kier alpha value is -0.870. The summed E-state index contributed by atoms with van der Waals surface area (Å²) in [5.74, 6) is 1.12. The Balaban J connectivity index is 2.20. The summed E-state index contributed by atoms with van der Waals surface area (Å²) in [7, 11) is 2.13. The Labute approximate surface area is 92.3 Å². The van der Waals surface area contributed by atoms with E-state index in [2.05, 4.69) is 40.7 Å². The maximum atomic E-state index is 4.31. The second-order valence-corrected chi connectivity index (χ2v) is 3.70. The molecule has 1 N–H and O–H groups in total. The fraction of sp³-hybridized carbons (Fsp3) is 0.727. The van der Waals surface area contributed by atoms with Crippen molar-refractivity contribution in [3.05, 3.63) is 18.2 Å². The summed E-state index contributed by atoms with van der Waals surface area (Å²) in [5.41, 5.74) is 0. The van der Waals surface area contributed by atoms with Crippen molar-refractivity contribution >= 4 is 0 Å². The molecule has 0 aliphatic carbocycles. The van der Waals surface area contributed by atoms with Crippen LogP contribution in [0.4, 0.5) is 0 Å². The fourth-order valence-corrected chi connectivity index (χ4v) is 1.42. The molecular formula is C11H22N4. The minimum absolute atomic E-state index is 0.860. The number of nitrogens with zero attached hydrogens (tertiary/aromatic N) is 3. The van der Waals surface area contributed by atoms with Crippen LogP contribution in [0, 0.1) is 0 Å². The quantitative estimate of drug-likeness (QED) is 0.680. The Morgan fingerprint density at radius 3 is 2.93 bits per heavy atom. The number of aromatic nitrogens is 2. The van der Waals surface area contributed by atoms with Crippen LogP contribution in [0.2, 0.25) is 0 Å². The highest BCUT2D eigenvalue weighted by Gasteiger charge is 2.00. The molecule has 86 valence electrons. The average Bonchev–Trinajstić information content (AvgIpc) is 2.71. The van der Waals surface area contributed by atoms with Gasteiger partial charge in [0, 0.05) is 32.0 Å². The first-order chi connectivity index (χ1) is 7.27. The summed E-state index contributed by atoms with van der Waals surface area (Å²) in [6.45, 7) is 9.36. The second-order valence-electron chi connectivity index (χ2n) is 3.70. The van der Waals surface area contributed by atoms with Crippen LogP contribution >= 0.6 is 0 Å². The Bertz CT molecular complexity index is 269. The van der Waals surface area contributed by atoms with Gasteiger partial charge in [-0.15, -0.1) is 0 Å². The lowest BCUT2D eigenvalue weighted by atomic mass is 10.5. The molecule has 0 saturated carbocycles. The summed E-state index contributed by atoms with van der Waals surface area (Å²) >= 11 is 0. The van der Waals surface area contributed by atoms with Gasteiger partial charge in [-0.1, -0.05) is 6.92 Å². The first-order valence-electron chi connectivity index (χ1n) is 5.67. The van der Waals surface area contributed by atoms with Crippen LogP contribution in [-0.4, -0.2) is 41.1 Å². The first-order valence-corrected chi connectivity index (χ1v) is 5.67. The van der Waals surface area contributed by atoms with Crippen LogP contribution < -0.4 is 5.32 Å². The first kappa shape index (κ1) is 12.2. The van der Waals surface area contributed by atoms with E-state index in [0.29, 0.717) is 0 Å². The van der Waals surface area contributed by atoms with Gasteiger partial charge >= 0.3 is 0 Å². The highest BCUT2D eigenvalue weighted by Crippen LogP contribution is 1.96. The van der Waals surface area contributed by atoms with Crippen molar-refractivity contribution in [1.29, 1.82) is 0 Å². The fourth-order valence-electron chi connectivity index (χ4n) is 1.42. The lowest BCUT2D eigenvalue weighted by molar-refractivity contribution is 0.347. The van der Waals surface area contributed by atoms with E-state index >= 15 is 0 Å².